The molecular formula is C14H19N5O5. The highest BCUT2D eigenvalue weighted by molar-refractivity contribution is 5.69. The Bertz CT molecular complexity index is 776. The number of carbonyl (C=O) groups is 1. The molecule has 10 nitrogen and oxygen atoms in total. The summed E-state index contributed by atoms with van der Waals surface area (Å²) in [4.78, 5) is 37.1. The van der Waals surface area contributed by atoms with Crippen molar-refractivity contribution in [2.45, 2.75) is 38.4 Å². The normalized spacial score (nSPS) is 13.6. The molecule has 0 aliphatic heterocycles. The Morgan fingerprint density at radius 3 is 2.75 bits per heavy atom. The number of aliphatic hydroxyl groups excluding tert-OH is 2. The van der Waals surface area contributed by atoms with E-state index in [9.17, 15) is 19.8 Å². The molecule has 2 rings (SSSR count). The lowest BCUT2D eigenvalue weighted by molar-refractivity contribution is -0.137. The highest BCUT2D eigenvalue weighted by atomic mass is 16.4. The molecular weight excluding hydrogens is 318 g/mol. The fourth-order valence-electron chi connectivity index (χ4n) is 2.01. The van der Waals surface area contributed by atoms with Gasteiger partial charge >= 0.3 is 5.97 Å². The molecule has 130 valence electrons. The second kappa shape index (κ2) is 7.79. The summed E-state index contributed by atoms with van der Waals surface area (Å²) in [5.41, 5.74) is -0.378. The third-order valence-electron chi connectivity index (χ3n) is 3.31. The number of nitrogens with one attached hydrogen (secondary N) is 2. The zero-order valence-electron chi connectivity index (χ0n) is 13.1. The van der Waals surface area contributed by atoms with Crippen molar-refractivity contribution in [3.8, 4) is 0 Å². The SMILES string of the molecule is CC(O)C(O)c1cnc2nc(NCCCCC(=O)O)[nH]c(=O)c2n1. The van der Waals surface area contributed by atoms with Gasteiger partial charge in [-0.25, -0.2) is 9.97 Å². The molecule has 0 saturated heterocycles. The topological polar surface area (TPSA) is 161 Å². The van der Waals surface area contributed by atoms with Gasteiger partial charge in [-0.2, -0.15) is 4.98 Å². The van der Waals surface area contributed by atoms with Gasteiger partial charge in [0.1, 0.15) is 6.10 Å². The van der Waals surface area contributed by atoms with Crippen molar-refractivity contribution in [2.75, 3.05) is 11.9 Å². The van der Waals surface area contributed by atoms with Crippen LogP contribution in [-0.2, 0) is 4.79 Å². The number of hydrogen-bond acceptors (Lipinski definition) is 8. The molecule has 10 heteroatoms. The molecule has 2 aromatic rings. The summed E-state index contributed by atoms with van der Waals surface area (Å²) < 4.78 is 0. The Balaban J connectivity index is 2.11. The highest BCUT2D eigenvalue weighted by Gasteiger charge is 2.17. The van der Waals surface area contributed by atoms with Crippen LogP contribution in [0.1, 0.15) is 38.0 Å². The summed E-state index contributed by atoms with van der Waals surface area (Å²) in [5.74, 6) is -0.640. The van der Waals surface area contributed by atoms with Crippen molar-refractivity contribution in [1.29, 1.82) is 0 Å². The number of aliphatic hydroxyl groups is 2. The first-order valence-electron chi connectivity index (χ1n) is 7.47. The van der Waals surface area contributed by atoms with Crippen LogP contribution in [0.4, 0.5) is 5.95 Å². The van der Waals surface area contributed by atoms with Crippen LogP contribution < -0.4 is 10.9 Å². The Labute approximate surface area is 136 Å². The van der Waals surface area contributed by atoms with Crippen LogP contribution in [0.5, 0.6) is 0 Å². The smallest absolute Gasteiger partial charge is 0.303 e. The molecule has 0 aliphatic rings. The average molecular weight is 337 g/mol. The monoisotopic (exact) mass is 337 g/mol. The number of aliphatic carboxylic acids is 1. The van der Waals surface area contributed by atoms with E-state index in [1.54, 1.807) is 0 Å². The third kappa shape index (κ3) is 4.46. The Kier molecular flexibility index (Phi) is 5.77. The van der Waals surface area contributed by atoms with Crippen LogP contribution in [0, 0.1) is 0 Å². The van der Waals surface area contributed by atoms with E-state index in [0.29, 0.717) is 19.4 Å². The maximum absolute atomic E-state index is 12.1. The van der Waals surface area contributed by atoms with Crippen molar-refractivity contribution in [2.24, 2.45) is 0 Å². The molecule has 0 amide bonds. The molecule has 24 heavy (non-hydrogen) atoms. The number of hydrogen-bond donors (Lipinski definition) is 5. The van der Waals surface area contributed by atoms with E-state index in [-0.39, 0.29) is 29.2 Å². The van der Waals surface area contributed by atoms with E-state index < -0.39 is 23.7 Å². The molecule has 0 saturated carbocycles. The van der Waals surface area contributed by atoms with Gasteiger partial charge in [-0.3, -0.25) is 14.6 Å². The maximum atomic E-state index is 12.1. The van der Waals surface area contributed by atoms with Crippen molar-refractivity contribution in [3.05, 3.63) is 22.2 Å². The van der Waals surface area contributed by atoms with Gasteiger partial charge in [0.25, 0.3) is 5.56 Å². The maximum Gasteiger partial charge on any atom is 0.303 e. The first-order valence-corrected chi connectivity index (χ1v) is 7.47. The summed E-state index contributed by atoms with van der Waals surface area (Å²) >= 11 is 0. The Morgan fingerprint density at radius 1 is 1.33 bits per heavy atom. The van der Waals surface area contributed by atoms with Crippen molar-refractivity contribution >= 4 is 23.1 Å². The molecule has 0 fully saturated rings. The molecule has 5 N–H and O–H groups in total. The second-order valence-corrected chi connectivity index (χ2v) is 5.34. The minimum Gasteiger partial charge on any atom is -0.481 e. The largest absolute Gasteiger partial charge is 0.481 e. The predicted molar refractivity (Wildman–Crippen MR) is 84.6 cm³/mol. The number of anilines is 1. The molecule has 2 aromatic heterocycles. The molecule has 2 heterocycles. The van der Waals surface area contributed by atoms with Crippen LogP contribution in [0.25, 0.3) is 11.2 Å². The van der Waals surface area contributed by atoms with Crippen molar-refractivity contribution in [3.63, 3.8) is 0 Å². The molecule has 2 unspecified atom stereocenters. The summed E-state index contributed by atoms with van der Waals surface area (Å²) in [6, 6.07) is 0. The number of unbranched alkanes of at least 4 members (excludes halogenated alkanes) is 1. The lowest BCUT2D eigenvalue weighted by Crippen LogP contribution is -2.19. The number of nitrogens with zero attached hydrogens (tertiary/aromatic N) is 3. The van der Waals surface area contributed by atoms with E-state index in [2.05, 4.69) is 25.3 Å². The van der Waals surface area contributed by atoms with Gasteiger partial charge in [0, 0.05) is 13.0 Å². The van der Waals surface area contributed by atoms with Crippen LogP contribution in [-0.4, -0.2) is 53.9 Å². The van der Waals surface area contributed by atoms with Crippen LogP contribution in [0.3, 0.4) is 0 Å². The summed E-state index contributed by atoms with van der Waals surface area (Å²) in [5, 5.41) is 30.6. The van der Waals surface area contributed by atoms with E-state index in [1.807, 2.05) is 0 Å². The fourth-order valence-corrected chi connectivity index (χ4v) is 2.01. The Morgan fingerprint density at radius 2 is 2.08 bits per heavy atom. The molecule has 0 bridgehead atoms. The van der Waals surface area contributed by atoms with E-state index in [1.165, 1.54) is 13.1 Å². The van der Waals surface area contributed by atoms with Gasteiger partial charge in [0.2, 0.25) is 5.95 Å². The van der Waals surface area contributed by atoms with Crippen molar-refractivity contribution in [1.82, 2.24) is 19.9 Å². The lowest BCUT2D eigenvalue weighted by atomic mass is 10.2. The Hall–Kier alpha value is -2.59. The van der Waals surface area contributed by atoms with Gasteiger partial charge in [-0.1, -0.05) is 0 Å². The predicted octanol–water partition coefficient (Wildman–Crippen LogP) is -0.206. The van der Waals surface area contributed by atoms with E-state index in [0.717, 1.165) is 0 Å². The number of aromatic nitrogens is 4. The van der Waals surface area contributed by atoms with Gasteiger partial charge in [-0.05, 0) is 19.8 Å². The molecule has 0 spiro atoms. The lowest BCUT2D eigenvalue weighted by Gasteiger charge is -2.12. The quantitative estimate of drug-likeness (QED) is 0.410. The first-order chi connectivity index (χ1) is 11.4. The first kappa shape index (κ1) is 17.8. The second-order valence-electron chi connectivity index (χ2n) is 5.34. The minimum absolute atomic E-state index is 0.0383. The summed E-state index contributed by atoms with van der Waals surface area (Å²) in [6.07, 6.45) is 0.176. The van der Waals surface area contributed by atoms with Crippen molar-refractivity contribution < 1.29 is 20.1 Å². The van der Waals surface area contributed by atoms with E-state index in [4.69, 9.17) is 5.11 Å². The average Bonchev–Trinajstić information content (AvgIpc) is 2.53. The molecule has 2 atom stereocenters. The van der Waals surface area contributed by atoms with Gasteiger partial charge in [0.15, 0.2) is 11.2 Å². The zero-order chi connectivity index (χ0) is 17.7. The van der Waals surface area contributed by atoms with E-state index >= 15 is 0 Å². The summed E-state index contributed by atoms with van der Waals surface area (Å²) in [6.45, 7) is 1.85. The fraction of sp³-hybridized carbons (Fsp3) is 0.500. The number of fused-ring (bicyclic) bond motifs is 1. The molecule has 0 radical (unpaired) electrons. The zero-order valence-corrected chi connectivity index (χ0v) is 13.1. The third-order valence-corrected chi connectivity index (χ3v) is 3.31. The standard InChI is InChI=1S/C14H19N5O5/c1-7(20)11(23)8-6-16-12-10(17-8)13(24)19-14(18-12)15-5-3-2-4-9(21)22/h6-7,11,20,23H,2-5H2,1H3,(H,21,22)(H2,15,16,18,19,24). The molecule has 0 aromatic carbocycles. The number of carboxylic acid groups (broad SMARTS) is 1. The number of H-pyrrole nitrogens is 1. The van der Waals surface area contributed by atoms with Gasteiger partial charge in [-0.15, -0.1) is 0 Å². The van der Waals surface area contributed by atoms with Gasteiger partial charge < -0.3 is 20.6 Å². The van der Waals surface area contributed by atoms with Crippen LogP contribution in [0.2, 0.25) is 0 Å². The number of aromatic amines is 1. The number of carboxylic acids is 1. The van der Waals surface area contributed by atoms with Gasteiger partial charge in [0.05, 0.1) is 18.0 Å². The summed E-state index contributed by atoms with van der Waals surface area (Å²) in [7, 11) is 0. The minimum atomic E-state index is -1.24. The van der Waals surface area contributed by atoms with Crippen LogP contribution in [0.15, 0.2) is 11.0 Å². The molecule has 0 aliphatic carbocycles. The number of rotatable bonds is 8. The van der Waals surface area contributed by atoms with Crippen LogP contribution >= 0.6 is 0 Å². The highest BCUT2D eigenvalue weighted by Crippen LogP contribution is 2.15.